The van der Waals surface area contributed by atoms with Gasteiger partial charge in [0.15, 0.2) is 11.7 Å². The molecule has 9 heteroatoms. The van der Waals surface area contributed by atoms with Gasteiger partial charge in [-0.15, -0.1) is 13.2 Å². The first kappa shape index (κ1) is 19.5. The van der Waals surface area contributed by atoms with Crippen LogP contribution in [0.4, 0.5) is 23.2 Å². The van der Waals surface area contributed by atoms with Gasteiger partial charge in [-0.25, -0.2) is 9.38 Å². The Kier molecular flexibility index (Phi) is 5.71. The molecule has 2 aromatic rings. The second-order valence-electron chi connectivity index (χ2n) is 5.65. The van der Waals surface area contributed by atoms with Gasteiger partial charge in [-0.1, -0.05) is 24.3 Å². The highest BCUT2D eigenvalue weighted by Gasteiger charge is 2.32. The highest BCUT2D eigenvalue weighted by Crippen LogP contribution is 2.29. The van der Waals surface area contributed by atoms with E-state index in [1.807, 2.05) is 0 Å². The number of rotatable bonds is 5. The van der Waals surface area contributed by atoms with Gasteiger partial charge in [-0.2, -0.15) is 0 Å². The third-order valence-electron chi connectivity index (χ3n) is 3.40. The quantitative estimate of drug-likeness (QED) is 0.428. The molecule has 2 aromatic carbocycles. The molecule has 0 heterocycles. The zero-order chi connectivity index (χ0) is 19.4. The van der Waals surface area contributed by atoms with Crippen molar-refractivity contribution in [3.05, 3.63) is 59.9 Å². The van der Waals surface area contributed by atoms with E-state index in [4.69, 9.17) is 5.73 Å². The number of hydrogen-bond donors (Lipinski definition) is 3. The minimum atomic E-state index is -4.85. The number of para-hydroxylation sites is 2. The smallest absolute Gasteiger partial charge is 0.404 e. The van der Waals surface area contributed by atoms with E-state index in [0.29, 0.717) is 5.56 Å². The minimum Gasteiger partial charge on any atom is -0.404 e. The van der Waals surface area contributed by atoms with Crippen molar-refractivity contribution < 1.29 is 27.4 Å². The van der Waals surface area contributed by atoms with E-state index >= 15 is 0 Å². The van der Waals surface area contributed by atoms with Gasteiger partial charge in [0.2, 0.25) is 0 Å². The second kappa shape index (κ2) is 7.61. The molecule has 0 radical (unpaired) electrons. The SMILES string of the molecule is CC(O)(CN=C(N)Nc1ccccc1OC(F)(F)F)c1ccc(F)cc1. The van der Waals surface area contributed by atoms with Crippen LogP contribution in [-0.4, -0.2) is 24.0 Å². The third kappa shape index (κ3) is 5.62. The van der Waals surface area contributed by atoms with Gasteiger partial charge in [-0.3, -0.25) is 0 Å². The fourth-order valence-electron chi connectivity index (χ4n) is 2.10. The molecular weight excluding hydrogens is 354 g/mol. The molecule has 1 atom stereocenters. The number of aliphatic imine (C=N–C) groups is 1. The molecule has 0 saturated heterocycles. The Balaban J connectivity index is 2.10. The Morgan fingerprint density at radius 1 is 1.15 bits per heavy atom. The molecule has 140 valence electrons. The van der Waals surface area contributed by atoms with Gasteiger partial charge in [-0.05, 0) is 36.8 Å². The number of nitrogens with zero attached hydrogens (tertiary/aromatic N) is 1. The Morgan fingerprint density at radius 2 is 1.77 bits per heavy atom. The molecule has 1 unspecified atom stereocenters. The first-order chi connectivity index (χ1) is 12.1. The zero-order valence-electron chi connectivity index (χ0n) is 13.7. The largest absolute Gasteiger partial charge is 0.573 e. The highest BCUT2D eigenvalue weighted by molar-refractivity contribution is 5.93. The standard InChI is InChI=1S/C17H17F4N3O2/c1-16(25,11-6-8-12(18)9-7-11)10-23-15(22)24-13-4-2-3-5-14(13)26-17(19,20)21/h2-9,25H,10H2,1H3,(H3,22,23,24). The van der Waals surface area contributed by atoms with Crippen molar-refractivity contribution in [2.75, 3.05) is 11.9 Å². The number of guanidine groups is 1. The Morgan fingerprint density at radius 3 is 2.38 bits per heavy atom. The lowest BCUT2D eigenvalue weighted by Gasteiger charge is -2.22. The molecule has 0 saturated carbocycles. The van der Waals surface area contributed by atoms with Crippen LogP contribution in [0.25, 0.3) is 0 Å². The molecule has 2 rings (SSSR count). The zero-order valence-corrected chi connectivity index (χ0v) is 13.7. The van der Waals surface area contributed by atoms with Crippen LogP contribution >= 0.6 is 0 Å². The summed E-state index contributed by atoms with van der Waals surface area (Å²) in [7, 11) is 0. The van der Waals surface area contributed by atoms with Crippen molar-refractivity contribution in [2.24, 2.45) is 10.7 Å². The van der Waals surface area contributed by atoms with E-state index in [1.165, 1.54) is 49.4 Å². The summed E-state index contributed by atoms with van der Waals surface area (Å²) >= 11 is 0. The normalized spacial score (nSPS) is 14.6. The van der Waals surface area contributed by atoms with E-state index in [0.717, 1.165) is 6.07 Å². The lowest BCUT2D eigenvalue weighted by molar-refractivity contribution is -0.274. The summed E-state index contributed by atoms with van der Waals surface area (Å²) in [6, 6.07) is 10.5. The van der Waals surface area contributed by atoms with Crippen LogP contribution in [0.15, 0.2) is 53.5 Å². The third-order valence-corrected chi connectivity index (χ3v) is 3.40. The number of nitrogens with two attached hydrogens (primary N) is 1. The lowest BCUT2D eigenvalue weighted by Crippen LogP contribution is -2.30. The fraction of sp³-hybridized carbons (Fsp3) is 0.235. The number of hydrogen-bond acceptors (Lipinski definition) is 3. The maximum absolute atomic E-state index is 13.0. The molecular formula is C17H17F4N3O2. The molecule has 4 N–H and O–H groups in total. The number of halogens is 4. The van der Waals surface area contributed by atoms with Crippen molar-refractivity contribution in [3.8, 4) is 5.75 Å². The number of nitrogens with one attached hydrogen (secondary N) is 1. The molecule has 5 nitrogen and oxygen atoms in total. The van der Waals surface area contributed by atoms with Gasteiger partial charge < -0.3 is 20.9 Å². The van der Waals surface area contributed by atoms with E-state index in [-0.39, 0.29) is 18.2 Å². The van der Waals surface area contributed by atoms with Crippen molar-refractivity contribution >= 4 is 11.6 Å². The van der Waals surface area contributed by atoms with Gasteiger partial charge >= 0.3 is 6.36 Å². The second-order valence-corrected chi connectivity index (χ2v) is 5.65. The molecule has 0 aliphatic rings. The Hall–Kier alpha value is -2.81. The van der Waals surface area contributed by atoms with Crippen molar-refractivity contribution in [2.45, 2.75) is 18.9 Å². The van der Waals surface area contributed by atoms with Crippen LogP contribution < -0.4 is 15.8 Å². The number of ether oxygens (including phenoxy) is 1. The van der Waals surface area contributed by atoms with Gasteiger partial charge in [0, 0.05) is 0 Å². The summed E-state index contributed by atoms with van der Waals surface area (Å²) in [5.41, 5.74) is 4.61. The lowest BCUT2D eigenvalue weighted by atomic mass is 9.96. The Bertz CT molecular complexity index is 774. The van der Waals surface area contributed by atoms with Crippen LogP contribution in [0.2, 0.25) is 0 Å². The van der Waals surface area contributed by atoms with E-state index in [1.54, 1.807) is 0 Å². The molecule has 0 spiro atoms. The van der Waals surface area contributed by atoms with E-state index in [2.05, 4.69) is 15.0 Å². The van der Waals surface area contributed by atoms with Crippen molar-refractivity contribution in [1.82, 2.24) is 0 Å². The highest BCUT2D eigenvalue weighted by atomic mass is 19.4. The molecule has 0 aliphatic carbocycles. The van der Waals surface area contributed by atoms with Crippen LogP contribution in [-0.2, 0) is 5.60 Å². The summed E-state index contributed by atoms with van der Waals surface area (Å²) in [6.07, 6.45) is -4.85. The van der Waals surface area contributed by atoms with Crippen molar-refractivity contribution in [3.63, 3.8) is 0 Å². The van der Waals surface area contributed by atoms with Crippen LogP contribution in [0.5, 0.6) is 5.75 Å². The fourth-order valence-corrected chi connectivity index (χ4v) is 2.10. The average molecular weight is 371 g/mol. The maximum atomic E-state index is 13.0. The predicted octanol–water partition coefficient (Wildman–Crippen LogP) is 3.36. The predicted molar refractivity (Wildman–Crippen MR) is 89.2 cm³/mol. The van der Waals surface area contributed by atoms with Crippen LogP contribution in [0, 0.1) is 5.82 Å². The van der Waals surface area contributed by atoms with Gasteiger partial charge in [0.1, 0.15) is 11.4 Å². The summed E-state index contributed by atoms with van der Waals surface area (Å²) in [6.45, 7) is 1.26. The first-order valence-corrected chi connectivity index (χ1v) is 7.47. The first-order valence-electron chi connectivity index (χ1n) is 7.47. The van der Waals surface area contributed by atoms with E-state index < -0.39 is 23.5 Å². The van der Waals surface area contributed by atoms with Gasteiger partial charge in [0.05, 0.1) is 12.2 Å². The summed E-state index contributed by atoms with van der Waals surface area (Å²) in [5, 5.41) is 12.9. The number of benzene rings is 2. The summed E-state index contributed by atoms with van der Waals surface area (Å²) in [5.74, 6) is -1.13. The van der Waals surface area contributed by atoms with Crippen LogP contribution in [0.3, 0.4) is 0 Å². The molecule has 0 amide bonds. The maximum Gasteiger partial charge on any atom is 0.573 e. The number of aliphatic hydroxyl groups is 1. The molecule has 0 aliphatic heterocycles. The summed E-state index contributed by atoms with van der Waals surface area (Å²) < 4.78 is 54.1. The number of alkyl halides is 3. The van der Waals surface area contributed by atoms with Gasteiger partial charge in [0.25, 0.3) is 0 Å². The minimum absolute atomic E-state index is 0.0347. The molecule has 0 aromatic heterocycles. The Labute approximate surface area is 147 Å². The average Bonchev–Trinajstić information content (AvgIpc) is 2.54. The summed E-state index contributed by atoms with van der Waals surface area (Å²) in [4.78, 5) is 3.93. The molecule has 26 heavy (non-hydrogen) atoms. The van der Waals surface area contributed by atoms with Crippen LogP contribution in [0.1, 0.15) is 12.5 Å². The van der Waals surface area contributed by atoms with E-state index in [9.17, 15) is 22.7 Å². The molecule has 0 fully saturated rings. The monoisotopic (exact) mass is 371 g/mol. The van der Waals surface area contributed by atoms with Crippen molar-refractivity contribution in [1.29, 1.82) is 0 Å². The molecule has 0 bridgehead atoms. The topological polar surface area (TPSA) is 79.9 Å². The number of anilines is 1.